The van der Waals surface area contributed by atoms with Crippen molar-refractivity contribution in [3.8, 4) is 0 Å². The van der Waals surface area contributed by atoms with Crippen LogP contribution in [0.5, 0.6) is 0 Å². The molecule has 0 bridgehead atoms. The molecule has 1 atom stereocenters. The van der Waals surface area contributed by atoms with Crippen LogP contribution in [0.15, 0.2) is 12.1 Å². The molecule has 1 aromatic carbocycles. The van der Waals surface area contributed by atoms with Crippen molar-refractivity contribution < 1.29 is 18.0 Å². The van der Waals surface area contributed by atoms with Gasteiger partial charge in [-0.2, -0.15) is 0 Å². The van der Waals surface area contributed by atoms with Crippen LogP contribution < -0.4 is 10.6 Å². The van der Waals surface area contributed by atoms with E-state index in [4.69, 9.17) is 0 Å². The summed E-state index contributed by atoms with van der Waals surface area (Å²) in [6, 6.07) is 1.57. The Labute approximate surface area is 96.0 Å². The van der Waals surface area contributed by atoms with Crippen LogP contribution >= 0.6 is 0 Å². The minimum Gasteiger partial charge on any atom is -0.348 e. The lowest BCUT2D eigenvalue weighted by atomic mass is 10.1. The van der Waals surface area contributed by atoms with Crippen molar-refractivity contribution in [3.05, 3.63) is 35.1 Å². The molecule has 17 heavy (non-hydrogen) atoms. The van der Waals surface area contributed by atoms with Crippen molar-refractivity contribution in [3.63, 3.8) is 0 Å². The Morgan fingerprint density at radius 3 is 2.71 bits per heavy atom. The summed E-state index contributed by atoms with van der Waals surface area (Å²) in [4.78, 5) is 11.6. The standard InChI is InChI=1S/C11H11F3N2O/c12-8-2-1-7(9(13)10(8)14)11(17)16-6-3-4-15-5-6/h1-2,6,15H,3-5H2,(H,16,17). The average Bonchev–Trinajstić information content (AvgIpc) is 2.78. The molecule has 1 saturated heterocycles. The number of amides is 1. The predicted molar refractivity (Wildman–Crippen MR) is 55.1 cm³/mol. The van der Waals surface area contributed by atoms with E-state index in [9.17, 15) is 18.0 Å². The molecule has 1 aromatic rings. The third-order valence-electron chi connectivity index (χ3n) is 2.68. The van der Waals surface area contributed by atoms with Crippen LogP contribution in [0, 0.1) is 17.5 Å². The van der Waals surface area contributed by atoms with E-state index in [1.807, 2.05) is 0 Å². The fourth-order valence-corrected chi connectivity index (χ4v) is 1.74. The molecule has 1 aliphatic rings. The molecule has 3 nitrogen and oxygen atoms in total. The minimum absolute atomic E-state index is 0.102. The summed E-state index contributed by atoms with van der Waals surface area (Å²) in [5.41, 5.74) is -0.476. The molecule has 6 heteroatoms. The zero-order valence-corrected chi connectivity index (χ0v) is 8.90. The Bertz CT molecular complexity index is 445. The van der Waals surface area contributed by atoms with Crippen molar-refractivity contribution in [2.75, 3.05) is 13.1 Å². The zero-order chi connectivity index (χ0) is 12.4. The first-order chi connectivity index (χ1) is 8.09. The molecule has 1 heterocycles. The van der Waals surface area contributed by atoms with Crippen molar-refractivity contribution in [1.29, 1.82) is 0 Å². The second kappa shape index (κ2) is 4.75. The Hall–Kier alpha value is -1.56. The first kappa shape index (κ1) is 11.9. The largest absolute Gasteiger partial charge is 0.348 e. The van der Waals surface area contributed by atoms with E-state index in [-0.39, 0.29) is 6.04 Å². The maximum atomic E-state index is 13.3. The number of rotatable bonds is 2. The molecule has 0 aliphatic carbocycles. The SMILES string of the molecule is O=C(NC1CCNC1)c1ccc(F)c(F)c1F. The predicted octanol–water partition coefficient (Wildman–Crippen LogP) is 1.20. The summed E-state index contributed by atoms with van der Waals surface area (Å²) in [7, 11) is 0. The second-order valence-corrected chi connectivity index (χ2v) is 3.89. The Morgan fingerprint density at radius 1 is 1.29 bits per heavy atom. The number of benzene rings is 1. The molecule has 2 N–H and O–H groups in total. The van der Waals surface area contributed by atoms with Crippen LogP contribution in [0.2, 0.25) is 0 Å². The van der Waals surface area contributed by atoms with Gasteiger partial charge in [-0.05, 0) is 25.1 Å². The van der Waals surface area contributed by atoms with Crippen LogP contribution in [-0.2, 0) is 0 Å². The van der Waals surface area contributed by atoms with E-state index in [2.05, 4.69) is 10.6 Å². The topological polar surface area (TPSA) is 41.1 Å². The van der Waals surface area contributed by atoms with Gasteiger partial charge in [-0.15, -0.1) is 0 Å². The molecule has 1 aliphatic heterocycles. The van der Waals surface area contributed by atoms with Gasteiger partial charge >= 0.3 is 0 Å². The highest BCUT2D eigenvalue weighted by Gasteiger charge is 2.22. The molecule has 2 rings (SSSR count). The number of carbonyl (C=O) groups is 1. The summed E-state index contributed by atoms with van der Waals surface area (Å²) < 4.78 is 38.9. The molecule has 1 fully saturated rings. The van der Waals surface area contributed by atoms with Gasteiger partial charge in [0.25, 0.3) is 5.91 Å². The monoisotopic (exact) mass is 244 g/mol. The molecule has 1 amide bonds. The van der Waals surface area contributed by atoms with Gasteiger partial charge in [0.15, 0.2) is 17.5 Å². The van der Waals surface area contributed by atoms with E-state index in [1.165, 1.54) is 0 Å². The summed E-state index contributed by atoms with van der Waals surface area (Å²) in [5.74, 6) is -5.10. The van der Waals surface area contributed by atoms with Crippen LogP contribution in [-0.4, -0.2) is 25.0 Å². The smallest absolute Gasteiger partial charge is 0.254 e. The lowest BCUT2D eigenvalue weighted by Gasteiger charge is -2.11. The summed E-state index contributed by atoms with van der Waals surface area (Å²) in [5, 5.41) is 5.57. The van der Waals surface area contributed by atoms with Crippen LogP contribution in [0.3, 0.4) is 0 Å². The second-order valence-electron chi connectivity index (χ2n) is 3.89. The maximum absolute atomic E-state index is 13.3. The maximum Gasteiger partial charge on any atom is 0.254 e. The molecular weight excluding hydrogens is 233 g/mol. The number of hydrogen-bond acceptors (Lipinski definition) is 2. The highest BCUT2D eigenvalue weighted by molar-refractivity contribution is 5.94. The molecular formula is C11H11F3N2O. The number of hydrogen-bond donors (Lipinski definition) is 2. The molecule has 92 valence electrons. The number of halogens is 3. The Morgan fingerprint density at radius 2 is 2.06 bits per heavy atom. The van der Waals surface area contributed by atoms with Gasteiger partial charge in [-0.3, -0.25) is 4.79 Å². The Balaban J connectivity index is 2.16. The molecule has 0 saturated carbocycles. The van der Waals surface area contributed by atoms with E-state index in [1.54, 1.807) is 0 Å². The normalized spacial score (nSPS) is 19.4. The first-order valence-electron chi connectivity index (χ1n) is 5.24. The third-order valence-corrected chi connectivity index (χ3v) is 2.68. The fraction of sp³-hybridized carbons (Fsp3) is 0.364. The van der Waals surface area contributed by atoms with E-state index in [0.29, 0.717) is 6.54 Å². The quantitative estimate of drug-likeness (QED) is 0.767. The van der Waals surface area contributed by atoms with Crippen LogP contribution in [0.1, 0.15) is 16.8 Å². The average molecular weight is 244 g/mol. The number of nitrogens with one attached hydrogen (secondary N) is 2. The zero-order valence-electron chi connectivity index (χ0n) is 8.90. The van der Waals surface area contributed by atoms with Crippen molar-refractivity contribution in [1.82, 2.24) is 10.6 Å². The van der Waals surface area contributed by atoms with E-state index >= 15 is 0 Å². The first-order valence-corrected chi connectivity index (χ1v) is 5.24. The van der Waals surface area contributed by atoms with Gasteiger partial charge in [0, 0.05) is 12.6 Å². The fourth-order valence-electron chi connectivity index (χ4n) is 1.74. The molecule has 0 spiro atoms. The third kappa shape index (κ3) is 2.41. The highest BCUT2D eigenvalue weighted by atomic mass is 19.2. The summed E-state index contributed by atoms with van der Waals surface area (Å²) in [6.07, 6.45) is 0.733. The van der Waals surface area contributed by atoms with Gasteiger partial charge in [0.2, 0.25) is 0 Å². The highest BCUT2D eigenvalue weighted by Crippen LogP contribution is 2.15. The van der Waals surface area contributed by atoms with Crippen LogP contribution in [0.25, 0.3) is 0 Å². The van der Waals surface area contributed by atoms with Crippen molar-refractivity contribution in [2.45, 2.75) is 12.5 Å². The van der Waals surface area contributed by atoms with Gasteiger partial charge in [0.05, 0.1) is 5.56 Å². The molecule has 1 unspecified atom stereocenters. The van der Waals surface area contributed by atoms with Gasteiger partial charge in [-0.1, -0.05) is 0 Å². The minimum atomic E-state index is -1.62. The Kier molecular flexibility index (Phi) is 3.33. The van der Waals surface area contributed by atoms with E-state index < -0.39 is 28.9 Å². The lowest BCUT2D eigenvalue weighted by Crippen LogP contribution is -2.36. The van der Waals surface area contributed by atoms with E-state index in [0.717, 1.165) is 25.1 Å². The summed E-state index contributed by atoms with van der Waals surface area (Å²) in [6.45, 7) is 1.36. The van der Waals surface area contributed by atoms with Crippen LogP contribution in [0.4, 0.5) is 13.2 Å². The molecule has 0 aromatic heterocycles. The number of carbonyl (C=O) groups excluding carboxylic acids is 1. The van der Waals surface area contributed by atoms with Gasteiger partial charge in [-0.25, -0.2) is 13.2 Å². The van der Waals surface area contributed by atoms with Gasteiger partial charge in [0.1, 0.15) is 0 Å². The molecule has 0 radical (unpaired) electrons. The van der Waals surface area contributed by atoms with Gasteiger partial charge < -0.3 is 10.6 Å². The lowest BCUT2D eigenvalue weighted by molar-refractivity contribution is 0.0934. The van der Waals surface area contributed by atoms with Crippen molar-refractivity contribution >= 4 is 5.91 Å². The van der Waals surface area contributed by atoms with Crippen molar-refractivity contribution in [2.24, 2.45) is 0 Å². The summed E-state index contributed by atoms with van der Waals surface area (Å²) >= 11 is 0.